The summed E-state index contributed by atoms with van der Waals surface area (Å²) in [4.78, 5) is 31.7. The minimum Gasteiger partial charge on any atom is -0.394 e. The lowest BCUT2D eigenvalue weighted by molar-refractivity contribution is 0.0515. The average molecular weight is 277 g/mol. The second kappa shape index (κ2) is 5.81. The molecule has 1 heterocycles. The largest absolute Gasteiger partial charge is 0.394 e. The number of likely N-dealkylation sites (N-methyl/N-ethyl adjacent to an activating group) is 1. The van der Waals surface area contributed by atoms with Crippen molar-refractivity contribution < 1.29 is 15.0 Å². The van der Waals surface area contributed by atoms with Crippen molar-refractivity contribution in [1.29, 1.82) is 0 Å². The van der Waals surface area contributed by atoms with Crippen LogP contribution in [-0.4, -0.2) is 57.3 Å². The normalized spacial score (nSPS) is 12.3. The maximum absolute atomic E-state index is 12.1. The van der Waals surface area contributed by atoms with Crippen LogP contribution in [0.4, 0.5) is 0 Å². The van der Waals surface area contributed by atoms with Crippen molar-refractivity contribution in [2.24, 2.45) is 0 Å². The second-order valence-corrected chi connectivity index (χ2v) is 4.45. The van der Waals surface area contributed by atoms with Crippen LogP contribution in [0, 0.1) is 0 Å². The Morgan fingerprint density at radius 2 is 2.15 bits per heavy atom. The summed E-state index contributed by atoms with van der Waals surface area (Å²) in [6, 6.07) is 6.88. The summed E-state index contributed by atoms with van der Waals surface area (Å²) in [5.74, 6) is -0.607. The first-order chi connectivity index (χ1) is 9.52. The number of rotatable bonds is 4. The molecule has 0 aliphatic carbocycles. The van der Waals surface area contributed by atoms with Crippen molar-refractivity contribution >= 4 is 16.9 Å². The maximum Gasteiger partial charge on any atom is 0.280 e. The fraction of sp³-hybridized carbons (Fsp3) is 0.308. The SMILES string of the molecule is CN(C[C@H](O)CO)C(=O)c1nc2ccccc2[nH]c1=O. The molecule has 0 aliphatic rings. The zero-order chi connectivity index (χ0) is 14.7. The van der Waals surface area contributed by atoms with Crippen molar-refractivity contribution in [1.82, 2.24) is 14.9 Å². The van der Waals surface area contributed by atoms with Crippen molar-refractivity contribution in [3.63, 3.8) is 0 Å². The first kappa shape index (κ1) is 14.2. The molecule has 1 atom stereocenters. The average Bonchev–Trinajstić information content (AvgIpc) is 2.45. The van der Waals surface area contributed by atoms with E-state index in [0.29, 0.717) is 11.0 Å². The second-order valence-electron chi connectivity index (χ2n) is 4.45. The van der Waals surface area contributed by atoms with E-state index < -0.39 is 24.2 Å². The highest BCUT2D eigenvalue weighted by Crippen LogP contribution is 2.07. The molecule has 1 aromatic carbocycles. The number of nitrogens with zero attached hydrogens (tertiary/aromatic N) is 2. The smallest absolute Gasteiger partial charge is 0.280 e. The van der Waals surface area contributed by atoms with Crippen LogP contribution >= 0.6 is 0 Å². The molecule has 2 rings (SSSR count). The predicted octanol–water partition coefficient (Wildman–Crippen LogP) is -0.652. The lowest BCUT2D eigenvalue weighted by atomic mass is 10.2. The van der Waals surface area contributed by atoms with Crippen molar-refractivity contribution in [3.8, 4) is 0 Å². The Labute approximate surface area is 114 Å². The van der Waals surface area contributed by atoms with Gasteiger partial charge in [-0.1, -0.05) is 12.1 Å². The number of nitrogens with one attached hydrogen (secondary N) is 1. The molecule has 0 radical (unpaired) electrons. The zero-order valence-corrected chi connectivity index (χ0v) is 10.9. The summed E-state index contributed by atoms with van der Waals surface area (Å²) in [6.45, 7) is -0.539. The molecule has 0 saturated carbocycles. The Balaban J connectivity index is 2.34. The van der Waals surface area contributed by atoms with Crippen LogP contribution in [0.1, 0.15) is 10.5 Å². The molecule has 3 N–H and O–H groups in total. The van der Waals surface area contributed by atoms with E-state index in [2.05, 4.69) is 9.97 Å². The van der Waals surface area contributed by atoms with Gasteiger partial charge in [0.25, 0.3) is 11.5 Å². The Kier molecular flexibility index (Phi) is 4.11. The molecule has 0 bridgehead atoms. The number of aliphatic hydroxyl groups is 2. The number of hydrogen-bond acceptors (Lipinski definition) is 5. The summed E-state index contributed by atoms with van der Waals surface area (Å²) in [5, 5.41) is 18.1. The molecule has 1 amide bonds. The van der Waals surface area contributed by atoms with Gasteiger partial charge in [0, 0.05) is 13.6 Å². The van der Waals surface area contributed by atoms with E-state index in [1.807, 2.05) is 0 Å². The van der Waals surface area contributed by atoms with Gasteiger partial charge in [0.15, 0.2) is 5.69 Å². The molecule has 2 aromatic rings. The summed E-state index contributed by atoms with van der Waals surface area (Å²) >= 11 is 0. The summed E-state index contributed by atoms with van der Waals surface area (Å²) in [7, 11) is 1.43. The fourth-order valence-electron chi connectivity index (χ4n) is 1.81. The number of carbonyl (C=O) groups is 1. The van der Waals surface area contributed by atoms with Crippen LogP contribution in [0.3, 0.4) is 0 Å². The molecule has 20 heavy (non-hydrogen) atoms. The molecule has 0 unspecified atom stereocenters. The third kappa shape index (κ3) is 2.84. The number of amides is 1. The molecular weight excluding hydrogens is 262 g/mol. The Hall–Kier alpha value is -2.25. The van der Waals surface area contributed by atoms with E-state index >= 15 is 0 Å². The highest BCUT2D eigenvalue weighted by atomic mass is 16.3. The molecule has 1 aromatic heterocycles. The van der Waals surface area contributed by atoms with Gasteiger partial charge < -0.3 is 20.1 Å². The van der Waals surface area contributed by atoms with Gasteiger partial charge in [0.05, 0.1) is 23.7 Å². The maximum atomic E-state index is 12.1. The molecule has 0 fully saturated rings. The van der Waals surface area contributed by atoms with Crippen LogP contribution in [0.15, 0.2) is 29.1 Å². The Morgan fingerprint density at radius 3 is 2.85 bits per heavy atom. The molecule has 7 nitrogen and oxygen atoms in total. The van der Waals surface area contributed by atoms with Gasteiger partial charge in [0.2, 0.25) is 0 Å². The molecule has 0 saturated heterocycles. The minimum atomic E-state index is -1.05. The van der Waals surface area contributed by atoms with Gasteiger partial charge in [-0.25, -0.2) is 4.98 Å². The topological polar surface area (TPSA) is 107 Å². The Morgan fingerprint density at radius 1 is 1.45 bits per heavy atom. The van der Waals surface area contributed by atoms with Gasteiger partial charge in [-0.3, -0.25) is 9.59 Å². The van der Waals surface area contributed by atoms with Gasteiger partial charge >= 0.3 is 0 Å². The third-order valence-electron chi connectivity index (χ3n) is 2.84. The molecule has 0 spiro atoms. The number of benzene rings is 1. The van der Waals surface area contributed by atoms with Crippen LogP contribution in [0.25, 0.3) is 11.0 Å². The summed E-state index contributed by atoms with van der Waals surface area (Å²) in [6.07, 6.45) is -1.05. The van der Waals surface area contributed by atoms with Gasteiger partial charge in [0.1, 0.15) is 0 Å². The number of fused-ring (bicyclic) bond motifs is 1. The minimum absolute atomic E-state index is 0.0801. The first-order valence-electron chi connectivity index (χ1n) is 6.06. The molecule has 106 valence electrons. The van der Waals surface area contributed by atoms with Gasteiger partial charge in [-0.2, -0.15) is 0 Å². The number of aliphatic hydroxyl groups excluding tert-OH is 2. The number of hydrogen-bond donors (Lipinski definition) is 3. The van der Waals surface area contributed by atoms with Gasteiger partial charge in [-0.15, -0.1) is 0 Å². The standard InChI is InChI=1S/C13H15N3O4/c1-16(6-8(18)7-17)13(20)11-12(19)15-10-5-3-2-4-9(10)14-11/h2-5,8,17-18H,6-7H2,1H3,(H,15,19)/t8-/m0/s1. The lowest BCUT2D eigenvalue weighted by Crippen LogP contribution is -2.38. The van der Waals surface area contributed by atoms with Crippen molar-refractivity contribution in [2.75, 3.05) is 20.2 Å². The van der Waals surface area contributed by atoms with E-state index in [4.69, 9.17) is 5.11 Å². The number of aromatic nitrogens is 2. The highest BCUT2D eigenvalue weighted by Gasteiger charge is 2.20. The van der Waals surface area contributed by atoms with Crippen LogP contribution < -0.4 is 5.56 Å². The molecule has 0 aliphatic heterocycles. The number of H-pyrrole nitrogens is 1. The number of carbonyl (C=O) groups excluding carboxylic acids is 1. The van der Waals surface area contributed by atoms with Crippen LogP contribution in [0.5, 0.6) is 0 Å². The summed E-state index contributed by atoms with van der Waals surface area (Å²) in [5.41, 5.74) is 0.231. The summed E-state index contributed by atoms with van der Waals surface area (Å²) < 4.78 is 0. The quantitative estimate of drug-likeness (QED) is 0.688. The fourth-order valence-corrected chi connectivity index (χ4v) is 1.81. The first-order valence-corrected chi connectivity index (χ1v) is 6.06. The third-order valence-corrected chi connectivity index (χ3v) is 2.84. The monoisotopic (exact) mass is 277 g/mol. The Bertz CT molecular complexity index is 683. The van der Waals surface area contributed by atoms with E-state index in [-0.39, 0.29) is 12.2 Å². The van der Waals surface area contributed by atoms with E-state index in [0.717, 1.165) is 4.90 Å². The van der Waals surface area contributed by atoms with Crippen LogP contribution in [-0.2, 0) is 0 Å². The van der Waals surface area contributed by atoms with Crippen molar-refractivity contribution in [2.45, 2.75) is 6.10 Å². The van der Waals surface area contributed by atoms with Crippen LogP contribution in [0.2, 0.25) is 0 Å². The zero-order valence-electron chi connectivity index (χ0n) is 10.9. The molecule has 7 heteroatoms. The molecular formula is C13H15N3O4. The lowest BCUT2D eigenvalue weighted by Gasteiger charge is -2.18. The number of aromatic amines is 1. The van der Waals surface area contributed by atoms with Gasteiger partial charge in [-0.05, 0) is 12.1 Å². The van der Waals surface area contributed by atoms with E-state index in [1.54, 1.807) is 24.3 Å². The van der Waals surface area contributed by atoms with E-state index in [9.17, 15) is 14.7 Å². The van der Waals surface area contributed by atoms with Crippen molar-refractivity contribution in [3.05, 3.63) is 40.3 Å². The van der Waals surface area contributed by atoms with E-state index in [1.165, 1.54) is 7.05 Å². The predicted molar refractivity (Wildman–Crippen MR) is 72.4 cm³/mol. The highest BCUT2D eigenvalue weighted by molar-refractivity contribution is 5.93. The number of para-hydroxylation sites is 2.